The van der Waals surface area contributed by atoms with Gasteiger partial charge in [-0.3, -0.25) is 4.79 Å². The molecule has 1 aromatic carbocycles. The fourth-order valence-corrected chi connectivity index (χ4v) is 0.697. The van der Waals surface area contributed by atoms with E-state index < -0.39 is 0 Å². The number of rotatable bonds is 2. The van der Waals surface area contributed by atoms with E-state index >= 15 is 0 Å². The van der Waals surface area contributed by atoms with Crippen molar-refractivity contribution in [3.8, 4) is 11.5 Å². The molecule has 0 spiro atoms. The lowest BCUT2D eigenvalue weighted by molar-refractivity contribution is -0.133. The van der Waals surface area contributed by atoms with Gasteiger partial charge in [-0.25, -0.2) is 0 Å². The van der Waals surface area contributed by atoms with Crippen LogP contribution in [-0.2, 0) is 4.79 Å². The van der Waals surface area contributed by atoms with Gasteiger partial charge in [0.05, 0.1) is 0 Å². The lowest BCUT2D eigenvalue weighted by Gasteiger charge is -2.01. The van der Waals surface area contributed by atoms with Gasteiger partial charge in [0, 0.05) is 6.42 Å². The van der Waals surface area contributed by atoms with E-state index in [0.717, 1.165) is 0 Å². The summed E-state index contributed by atoms with van der Waals surface area (Å²) in [6.45, 7) is 3.38. The molecule has 0 unspecified atom stereocenters. The zero-order chi connectivity index (χ0) is 8.97. The largest absolute Gasteiger partial charge is 0.508 e. The van der Waals surface area contributed by atoms with Crippen molar-refractivity contribution in [1.82, 2.24) is 0 Å². The average molecular weight is 165 g/mol. The second-order valence-electron chi connectivity index (χ2n) is 2.22. The molecule has 1 aromatic rings. The second kappa shape index (κ2) is 3.76. The van der Waals surface area contributed by atoms with Crippen LogP contribution in [0.15, 0.2) is 24.3 Å². The molecular formula is C9H9O3. The molecule has 1 rings (SSSR count). The Labute approximate surface area is 70.6 Å². The third kappa shape index (κ3) is 2.27. The maximum atomic E-state index is 10.7. The Balaban J connectivity index is 2.64. The molecule has 0 saturated carbocycles. The van der Waals surface area contributed by atoms with Crippen LogP contribution in [0.1, 0.15) is 6.42 Å². The van der Waals surface area contributed by atoms with Gasteiger partial charge >= 0.3 is 5.97 Å². The average Bonchev–Trinajstić information content (AvgIpc) is 2.09. The van der Waals surface area contributed by atoms with Crippen LogP contribution in [0.5, 0.6) is 11.5 Å². The van der Waals surface area contributed by atoms with Gasteiger partial charge in [0.25, 0.3) is 0 Å². The number of hydrogen-bond acceptors (Lipinski definition) is 3. The van der Waals surface area contributed by atoms with Crippen LogP contribution in [0.3, 0.4) is 0 Å². The lowest BCUT2D eigenvalue weighted by atomic mass is 10.3. The zero-order valence-corrected chi connectivity index (χ0v) is 6.49. The molecule has 3 heteroatoms. The van der Waals surface area contributed by atoms with Crippen LogP contribution in [0.25, 0.3) is 0 Å². The van der Waals surface area contributed by atoms with Crippen LogP contribution in [0.2, 0.25) is 0 Å². The summed E-state index contributed by atoms with van der Waals surface area (Å²) in [5.74, 6) is 0.173. The van der Waals surface area contributed by atoms with E-state index in [0.29, 0.717) is 5.75 Å². The Morgan fingerprint density at radius 3 is 2.50 bits per heavy atom. The van der Waals surface area contributed by atoms with Gasteiger partial charge in [-0.1, -0.05) is 0 Å². The Morgan fingerprint density at radius 2 is 2.00 bits per heavy atom. The topological polar surface area (TPSA) is 46.5 Å². The van der Waals surface area contributed by atoms with Crippen LogP contribution < -0.4 is 4.74 Å². The standard InChI is InChI=1S/C9H9O3/c1-2-9(11)12-8-5-3-7(10)4-6-8/h3-6,10H,1-2H2. The summed E-state index contributed by atoms with van der Waals surface area (Å²) in [6.07, 6.45) is 0.0981. The molecular weight excluding hydrogens is 156 g/mol. The molecule has 0 saturated heterocycles. The summed E-state index contributed by atoms with van der Waals surface area (Å²) in [4.78, 5) is 10.7. The van der Waals surface area contributed by atoms with E-state index in [-0.39, 0.29) is 18.1 Å². The number of esters is 1. The number of phenolic OH excluding ortho intramolecular Hbond substituents is 1. The predicted molar refractivity (Wildman–Crippen MR) is 43.7 cm³/mol. The zero-order valence-electron chi connectivity index (χ0n) is 6.49. The molecule has 0 aliphatic carbocycles. The van der Waals surface area contributed by atoms with Crippen molar-refractivity contribution < 1.29 is 14.6 Å². The first kappa shape index (κ1) is 8.59. The molecule has 63 valence electrons. The van der Waals surface area contributed by atoms with Crippen LogP contribution in [0.4, 0.5) is 0 Å². The van der Waals surface area contributed by atoms with Crippen molar-refractivity contribution in [3.63, 3.8) is 0 Å². The molecule has 0 aromatic heterocycles. The van der Waals surface area contributed by atoms with E-state index in [1.807, 2.05) is 0 Å². The van der Waals surface area contributed by atoms with Crippen molar-refractivity contribution in [2.24, 2.45) is 0 Å². The number of benzene rings is 1. The van der Waals surface area contributed by atoms with E-state index in [1.165, 1.54) is 24.3 Å². The Morgan fingerprint density at radius 1 is 1.42 bits per heavy atom. The minimum absolute atomic E-state index is 0.0981. The molecule has 0 atom stereocenters. The number of ether oxygens (including phenoxy) is 1. The van der Waals surface area contributed by atoms with Crippen molar-refractivity contribution in [3.05, 3.63) is 31.2 Å². The van der Waals surface area contributed by atoms with E-state index in [1.54, 1.807) is 0 Å². The second-order valence-corrected chi connectivity index (χ2v) is 2.22. The predicted octanol–water partition coefficient (Wildman–Crippen LogP) is 1.52. The highest BCUT2D eigenvalue weighted by Crippen LogP contribution is 2.15. The van der Waals surface area contributed by atoms with Gasteiger partial charge in [0.1, 0.15) is 11.5 Å². The van der Waals surface area contributed by atoms with Gasteiger partial charge in [-0.15, -0.1) is 0 Å². The Hall–Kier alpha value is -1.51. The number of carbonyl (C=O) groups is 1. The summed E-state index contributed by atoms with van der Waals surface area (Å²) < 4.78 is 4.81. The summed E-state index contributed by atoms with van der Waals surface area (Å²) in [7, 11) is 0. The quantitative estimate of drug-likeness (QED) is 0.533. The van der Waals surface area contributed by atoms with Gasteiger partial charge in [-0.2, -0.15) is 0 Å². The maximum absolute atomic E-state index is 10.7. The summed E-state index contributed by atoms with van der Waals surface area (Å²) in [6, 6.07) is 5.93. The monoisotopic (exact) mass is 165 g/mol. The molecule has 0 heterocycles. The minimum Gasteiger partial charge on any atom is -0.508 e. The lowest BCUT2D eigenvalue weighted by Crippen LogP contribution is -2.05. The fraction of sp³-hybridized carbons (Fsp3) is 0.111. The molecule has 0 aliphatic rings. The number of aromatic hydroxyl groups is 1. The van der Waals surface area contributed by atoms with E-state index in [9.17, 15) is 4.79 Å². The first-order chi connectivity index (χ1) is 5.72. The highest BCUT2D eigenvalue weighted by molar-refractivity contribution is 5.72. The molecule has 1 N–H and O–H groups in total. The molecule has 3 nitrogen and oxygen atoms in total. The van der Waals surface area contributed by atoms with Gasteiger partial charge in [-0.05, 0) is 31.2 Å². The Kier molecular flexibility index (Phi) is 2.69. The van der Waals surface area contributed by atoms with Crippen molar-refractivity contribution in [2.45, 2.75) is 6.42 Å². The first-order valence-corrected chi connectivity index (χ1v) is 3.51. The SMILES string of the molecule is [CH2]CC(=O)Oc1ccc(O)cc1. The minimum atomic E-state index is -0.388. The number of phenols is 1. The van der Waals surface area contributed by atoms with Crippen molar-refractivity contribution in [2.75, 3.05) is 0 Å². The third-order valence-corrected chi connectivity index (χ3v) is 1.27. The molecule has 0 aliphatic heterocycles. The molecule has 0 amide bonds. The van der Waals surface area contributed by atoms with Gasteiger partial charge < -0.3 is 9.84 Å². The normalized spacial score (nSPS) is 9.42. The van der Waals surface area contributed by atoms with Crippen LogP contribution in [0, 0.1) is 6.92 Å². The summed E-state index contributed by atoms with van der Waals surface area (Å²) >= 11 is 0. The third-order valence-electron chi connectivity index (χ3n) is 1.27. The summed E-state index contributed by atoms with van der Waals surface area (Å²) in [5.41, 5.74) is 0. The fourth-order valence-electron chi connectivity index (χ4n) is 0.697. The van der Waals surface area contributed by atoms with Gasteiger partial charge in [0.15, 0.2) is 0 Å². The molecule has 12 heavy (non-hydrogen) atoms. The summed E-state index contributed by atoms with van der Waals surface area (Å²) in [5, 5.41) is 8.90. The molecule has 0 bridgehead atoms. The van der Waals surface area contributed by atoms with Crippen molar-refractivity contribution >= 4 is 5.97 Å². The van der Waals surface area contributed by atoms with Crippen LogP contribution in [-0.4, -0.2) is 11.1 Å². The number of carbonyl (C=O) groups excluding carboxylic acids is 1. The first-order valence-electron chi connectivity index (χ1n) is 3.51. The van der Waals surface area contributed by atoms with Crippen LogP contribution >= 0.6 is 0 Å². The number of hydrogen-bond donors (Lipinski definition) is 1. The van der Waals surface area contributed by atoms with E-state index in [4.69, 9.17) is 9.84 Å². The van der Waals surface area contributed by atoms with E-state index in [2.05, 4.69) is 6.92 Å². The van der Waals surface area contributed by atoms with Gasteiger partial charge in [0.2, 0.25) is 0 Å². The highest BCUT2D eigenvalue weighted by atomic mass is 16.5. The molecule has 0 fully saturated rings. The Bertz CT molecular complexity index is 264. The smallest absolute Gasteiger partial charge is 0.311 e. The molecule has 1 radical (unpaired) electrons. The maximum Gasteiger partial charge on any atom is 0.311 e. The van der Waals surface area contributed by atoms with Crippen molar-refractivity contribution in [1.29, 1.82) is 0 Å². The highest BCUT2D eigenvalue weighted by Gasteiger charge is 2.00.